The third-order valence-electron chi connectivity index (χ3n) is 2.47. The van der Waals surface area contributed by atoms with Crippen molar-refractivity contribution >= 4 is 28.9 Å². The molecular formula is C13H12Cl2N2O. The van der Waals surface area contributed by atoms with Crippen molar-refractivity contribution < 1.29 is 5.11 Å². The monoisotopic (exact) mass is 282 g/mol. The number of benzene rings is 1. The minimum Gasteiger partial charge on any atom is -0.506 e. The first-order valence-electron chi connectivity index (χ1n) is 5.40. The van der Waals surface area contributed by atoms with Crippen LogP contribution >= 0.6 is 23.2 Å². The van der Waals surface area contributed by atoms with E-state index in [0.29, 0.717) is 22.3 Å². The fourth-order valence-corrected chi connectivity index (χ4v) is 1.82. The minimum absolute atomic E-state index is 0.174. The van der Waals surface area contributed by atoms with E-state index in [9.17, 15) is 5.11 Å². The van der Waals surface area contributed by atoms with Crippen molar-refractivity contribution in [3.05, 3.63) is 51.8 Å². The summed E-state index contributed by atoms with van der Waals surface area (Å²) in [5.74, 6) is 0.174. The molecule has 94 valence electrons. The van der Waals surface area contributed by atoms with E-state index in [1.165, 1.54) is 0 Å². The van der Waals surface area contributed by atoms with Gasteiger partial charge in [-0.3, -0.25) is 4.98 Å². The number of aromatic nitrogens is 1. The fraction of sp³-hybridized carbons (Fsp3) is 0.154. The number of hydrogen-bond acceptors (Lipinski definition) is 3. The van der Waals surface area contributed by atoms with Crippen LogP contribution in [0.3, 0.4) is 0 Å². The molecule has 18 heavy (non-hydrogen) atoms. The van der Waals surface area contributed by atoms with E-state index in [4.69, 9.17) is 23.2 Å². The molecule has 0 saturated carbocycles. The lowest BCUT2D eigenvalue weighted by atomic mass is 10.2. The number of pyridine rings is 1. The van der Waals surface area contributed by atoms with Gasteiger partial charge in [-0.15, -0.1) is 0 Å². The van der Waals surface area contributed by atoms with Crippen LogP contribution in [0.5, 0.6) is 5.75 Å². The van der Waals surface area contributed by atoms with Crippen molar-refractivity contribution in [2.24, 2.45) is 0 Å². The second-order valence-corrected chi connectivity index (χ2v) is 4.72. The van der Waals surface area contributed by atoms with Gasteiger partial charge in [-0.2, -0.15) is 0 Å². The summed E-state index contributed by atoms with van der Waals surface area (Å²) in [6, 6.07) is 8.67. The van der Waals surface area contributed by atoms with E-state index in [1.54, 1.807) is 24.3 Å². The van der Waals surface area contributed by atoms with Crippen LogP contribution in [0.1, 0.15) is 11.4 Å². The molecule has 0 fully saturated rings. The van der Waals surface area contributed by atoms with Crippen LogP contribution < -0.4 is 5.32 Å². The van der Waals surface area contributed by atoms with Crippen LogP contribution in [0.25, 0.3) is 0 Å². The van der Waals surface area contributed by atoms with Crippen LogP contribution in [0.4, 0.5) is 5.69 Å². The Morgan fingerprint density at radius 2 is 1.94 bits per heavy atom. The van der Waals surface area contributed by atoms with Crippen molar-refractivity contribution in [1.29, 1.82) is 0 Å². The lowest BCUT2D eigenvalue weighted by molar-refractivity contribution is 0.464. The molecule has 0 atom stereocenters. The van der Waals surface area contributed by atoms with Gasteiger partial charge in [0.25, 0.3) is 0 Å². The van der Waals surface area contributed by atoms with Gasteiger partial charge in [-0.1, -0.05) is 23.2 Å². The molecule has 1 heterocycles. The number of hydrogen-bond donors (Lipinski definition) is 2. The minimum atomic E-state index is 0.174. The topological polar surface area (TPSA) is 45.1 Å². The van der Waals surface area contributed by atoms with Crippen molar-refractivity contribution in [3.8, 4) is 5.75 Å². The molecule has 0 aliphatic carbocycles. The van der Waals surface area contributed by atoms with Gasteiger partial charge < -0.3 is 10.4 Å². The van der Waals surface area contributed by atoms with Crippen LogP contribution in [-0.2, 0) is 6.54 Å². The Balaban J connectivity index is 2.11. The molecule has 0 saturated heterocycles. The van der Waals surface area contributed by atoms with Crippen LogP contribution in [0.2, 0.25) is 10.0 Å². The van der Waals surface area contributed by atoms with Crippen LogP contribution in [-0.4, -0.2) is 10.1 Å². The molecule has 2 rings (SSSR count). The molecule has 0 bridgehead atoms. The lowest BCUT2D eigenvalue weighted by Crippen LogP contribution is -2.02. The highest BCUT2D eigenvalue weighted by molar-refractivity contribution is 6.42. The lowest BCUT2D eigenvalue weighted by Gasteiger charge is -2.09. The highest BCUT2D eigenvalue weighted by Gasteiger charge is 2.04. The quantitative estimate of drug-likeness (QED) is 0.894. The largest absolute Gasteiger partial charge is 0.506 e. The van der Waals surface area contributed by atoms with Crippen molar-refractivity contribution in [2.75, 3.05) is 5.32 Å². The number of aromatic hydroxyl groups is 1. The Kier molecular flexibility index (Phi) is 3.94. The van der Waals surface area contributed by atoms with E-state index in [0.717, 1.165) is 11.4 Å². The van der Waals surface area contributed by atoms with Gasteiger partial charge in [0.15, 0.2) is 0 Å². The second-order valence-electron chi connectivity index (χ2n) is 3.90. The maximum absolute atomic E-state index is 9.66. The smallest absolute Gasteiger partial charge is 0.138 e. The summed E-state index contributed by atoms with van der Waals surface area (Å²) in [6.45, 7) is 2.30. The molecule has 0 radical (unpaired) electrons. The summed E-state index contributed by atoms with van der Waals surface area (Å²) in [6.07, 6.45) is 0. The molecule has 1 aromatic carbocycles. The summed E-state index contributed by atoms with van der Waals surface area (Å²) in [4.78, 5) is 4.26. The first kappa shape index (κ1) is 13.0. The first-order valence-corrected chi connectivity index (χ1v) is 6.16. The molecular weight excluding hydrogens is 271 g/mol. The number of nitrogens with zero attached hydrogens (tertiary/aromatic N) is 1. The van der Waals surface area contributed by atoms with E-state index in [-0.39, 0.29) is 5.75 Å². The maximum atomic E-state index is 9.66. The highest BCUT2D eigenvalue weighted by Crippen LogP contribution is 2.25. The Morgan fingerprint density at radius 3 is 2.67 bits per heavy atom. The Morgan fingerprint density at radius 1 is 1.17 bits per heavy atom. The van der Waals surface area contributed by atoms with E-state index in [1.807, 2.05) is 13.0 Å². The van der Waals surface area contributed by atoms with Gasteiger partial charge in [-0.05, 0) is 37.3 Å². The maximum Gasteiger partial charge on any atom is 0.138 e. The Hall–Kier alpha value is -1.45. The summed E-state index contributed by atoms with van der Waals surface area (Å²) in [5, 5.41) is 13.8. The van der Waals surface area contributed by atoms with Gasteiger partial charge in [0, 0.05) is 11.4 Å². The SMILES string of the molecule is Cc1ccc(O)c(CNc2ccc(Cl)c(Cl)c2)n1. The summed E-state index contributed by atoms with van der Waals surface area (Å²) < 4.78 is 0. The van der Waals surface area contributed by atoms with Crippen LogP contribution in [0.15, 0.2) is 30.3 Å². The van der Waals surface area contributed by atoms with Crippen molar-refractivity contribution in [3.63, 3.8) is 0 Å². The molecule has 0 spiro atoms. The second kappa shape index (κ2) is 5.46. The van der Waals surface area contributed by atoms with Gasteiger partial charge in [0.2, 0.25) is 0 Å². The normalized spacial score (nSPS) is 10.4. The molecule has 2 N–H and O–H groups in total. The molecule has 3 nitrogen and oxygen atoms in total. The third-order valence-corrected chi connectivity index (χ3v) is 3.21. The highest BCUT2D eigenvalue weighted by atomic mass is 35.5. The molecule has 0 aliphatic rings. The molecule has 0 aliphatic heterocycles. The Labute approximate surface area is 115 Å². The van der Waals surface area contributed by atoms with Gasteiger partial charge in [0.05, 0.1) is 16.6 Å². The zero-order valence-corrected chi connectivity index (χ0v) is 11.3. The number of aryl methyl sites for hydroxylation is 1. The molecule has 5 heteroatoms. The fourth-order valence-electron chi connectivity index (χ4n) is 1.53. The average molecular weight is 283 g/mol. The van der Waals surface area contributed by atoms with E-state index < -0.39 is 0 Å². The first-order chi connectivity index (χ1) is 8.56. The molecule has 2 aromatic rings. The summed E-state index contributed by atoms with van der Waals surface area (Å²) in [7, 11) is 0. The van der Waals surface area contributed by atoms with Crippen LogP contribution in [0, 0.1) is 6.92 Å². The summed E-state index contributed by atoms with van der Waals surface area (Å²) >= 11 is 11.7. The van der Waals surface area contributed by atoms with Crippen molar-refractivity contribution in [1.82, 2.24) is 4.98 Å². The number of rotatable bonds is 3. The predicted octanol–water partition coefficient (Wildman–Crippen LogP) is 4.01. The van der Waals surface area contributed by atoms with Gasteiger partial charge >= 0.3 is 0 Å². The summed E-state index contributed by atoms with van der Waals surface area (Å²) in [5.41, 5.74) is 2.28. The standard InChI is InChI=1S/C13H12Cl2N2O/c1-8-2-5-13(18)12(17-8)7-16-9-3-4-10(14)11(15)6-9/h2-6,16,18H,7H2,1H3. The zero-order chi connectivity index (χ0) is 13.1. The van der Waals surface area contributed by atoms with E-state index >= 15 is 0 Å². The number of halogens is 2. The third kappa shape index (κ3) is 3.06. The Bertz CT molecular complexity index is 573. The van der Waals surface area contributed by atoms with Gasteiger partial charge in [0.1, 0.15) is 11.4 Å². The average Bonchev–Trinajstić information content (AvgIpc) is 2.34. The molecule has 0 unspecified atom stereocenters. The predicted molar refractivity (Wildman–Crippen MR) is 74.4 cm³/mol. The zero-order valence-electron chi connectivity index (χ0n) is 9.74. The molecule has 1 aromatic heterocycles. The van der Waals surface area contributed by atoms with Crippen molar-refractivity contribution in [2.45, 2.75) is 13.5 Å². The number of nitrogens with one attached hydrogen (secondary N) is 1. The van der Waals surface area contributed by atoms with E-state index in [2.05, 4.69) is 10.3 Å². The number of anilines is 1. The van der Waals surface area contributed by atoms with Gasteiger partial charge in [-0.25, -0.2) is 0 Å². The molecule has 0 amide bonds.